The molecule has 0 saturated carbocycles. The number of hydrogen-bond donors (Lipinski definition) is 1. The number of nitrogens with two attached hydrogens (primary N) is 1. The molecule has 0 aromatic carbocycles. The molecule has 9 nitrogen and oxygen atoms in total. The molecule has 0 aliphatic rings. The molecule has 2 N–H and O–H groups in total. The second kappa shape index (κ2) is 9.41. The molecule has 4 aromatic heterocycles. The first-order valence-corrected chi connectivity index (χ1v) is 11.1. The second-order valence-corrected chi connectivity index (χ2v) is 8.55. The van der Waals surface area contributed by atoms with Gasteiger partial charge in [-0.25, -0.2) is 19.9 Å². The Morgan fingerprint density at radius 1 is 1.21 bits per heavy atom. The molecule has 33 heavy (non-hydrogen) atoms. The largest absolute Gasteiger partial charge is 0.383 e. The zero-order chi connectivity index (χ0) is 23.5. The predicted molar refractivity (Wildman–Crippen MR) is 131 cm³/mol. The number of carbonyl (C=O) groups is 1. The van der Waals surface area contributed by atoms with Crippen molar-refractivity contribution in [1.82, 2.24) is 29.8 Å². The standard InChI is InChI=1S/C23H19IN8O/c1-13-15(10-25)4-5-18(30-13)12-32(14(2)21-27-6-3-7-28-21)23(33)17-8-16-9-19(24)20(26)31-22(16)29-11-17/h3-9,11,14H,12H2,1-2H3,(H2,26,29,31)/t14-/m1/s1. The molecule has 4 aromatic rings. The van der Waals surface area contributed by atoms with Crippen LogP contribution in [0.5, 0.6) is 0 Å². The van der Waals surface area contributed by atoms with Gasteiger partial charge in [-0.2, -0.15) is 5.26 Å². The molecule has 0 radical (unpaired) electrons. The molecule has 1 atom stereocenters. The first-order chi connectivity index (χ1) is 15.9. The number of carbonyl (C=O) groups excluding carboxylic acids is 1. The maximum Gasteiger partial charge on any atom is 0.256 e. The lowest BCUT2D eigenvalue weighted by atomic mass is 10.1. The van der Waals surface area contributed by atoms with E-state index in [1.165, 1.54) is 6.20 Å². The summed E-state index contributed by atoms with van der Waals surface area (Å²) < 4.78 is 0.784. The number of nitrogen functional groups attached to an aromatic ring is 1. The Kier molecular flexibility index (Phi) is 6.41. The number of anilines is 1. The fraction of sp³-hybridized carbons (Fsp3) is 0.174. The van der Waals surface area contributed by atoms with E-state index in [1.807, 2.05) is 13.0 Å². The lowest BCUT2D eigenvalue weighted by molar-refractivity contribution is 0.0663. The van der Waals surface area contributed by atoms with Crippen LogP contribution in [0.15, 0.2) is 48.9 Å². The highest BCUT2D eigenvalue weighted by atomic mass is 127. The van der Waals surface area contributed by atoms with Gasteiger partial charge < -0.3 is 10.6 Å². The van der Waals surface area contributed by atoms with E-state index >= 15 is 0 Å². The van der Waals surface area contributed by atoms with Gasteiger partial charge >= 0.3 is 0 Å². The van der Waals surface area contributed by atoms with Gasteiger partial charge in [-0.3, -0.25) is 9.78 Å². The van der Waals surface area contributed by atoms with Crippen LogP contribution >= 0.6 is 22.6 Å². The zero-order valence-electron chi connectivity index (χ0n) is 17.9. The quantitative estimate of drug-likeness (QED) is 0.373. The highest BCUT2D eigenvalue weighted by Gasteiger charge is 2.26. The molecule has 4 heterocycles. The Hall–Kier alpha value is -3.72. The summed E-state index contributed by atoms with van der Waals surface area (Å²) in [4.78, 5) is 37.1. The summed E-state index contributed by atoms with van der Waals surface area (Å²) in [5.41, 5.74) is 8.51. The van der Waals surface area contributed by atoms with Gasteiger partial charge in [0.2, 0.25) is 0 Å². The molecule has 0 saturated heterocycles. The molecular formula is C23H19IN8O. The summed E-state index contributed by atoms with van der Waals surface area (Å²) >= 11 is 2.10. The minimum Gasteiger partial charge on any atom is -0.383 e. The SMILES string of the molecule is Cc1nc(CN(C(=O)c2cnc3nc(N)c(I)cc3c2)[C@H](C)c2ncccn2)ccc1C#N. The van der Waals surface area contributed by atoms with Crippen molar-refractivity contribution in [2.45, 2.75) is 26.4 Å². The zero-order valence-corrected chi connectivity index (χ0v) is 20.1. The highest BCUT2D eigenvalue weighted by molar-refractivity contribution is 14.1. The lowest BCUT2D eigenvalue weighted by Gasteiger charge is -2.28. The number of aryl methyl sites for hydroxylation is 1. The average molecular weight is 550 g/mol. The van der Waals surface area contributed by atoms with Crippen molar-refractivity contribution in [2.75, 3.05) is 5.73 Å². The summed E-state index contributed by atoms with van der Waals surface area (Å²) in [5, 5.41) is 9.91. The molecule has 0 spiro atoms. The molecule has 1 amide bonds. The van der Waals surface area contributed by atoms with Crippen molar-refractivity contribution in [1.29, 1.82) is 5.26 Å². The molecule has 164 valence electrons. The van der Waals surface area contributed by atoms with Crippen molar-refractivity contribution in [3.63, 3.8) is 0 Å². The maximum absolute atomic E-state index is 13.7. The van der Waals surface area contributed by atoms with Gasteiger partial charge in [-0.05, 0) is 66.8 Å². The Labute approximate surface area is 203 Å². The van der Waals surface area contributed by atoms with Gasteiger partial charge in [0, 0.05) is 24.0 Å². The van der Waals surface area contributed by atoms with Gasteiger partial charge in [0.05, 0.1) is 38.7 Å². The van der Waals surface area contributed by atoms with Gasteiger partial charge in [-0.1, -0.05) is 0 Å². The topological polar surface area (TPSA) is 135 Å². The fourth-order valence-corrected chi connectivity index (χ4v) is 3.84. The number of nitrogens with zero attached hydrogens (tertiary/aromatic N) is 7. The average Bonchev–Trinajstić information content (AvgIpc) is 2.83. The lowest BCUT2D eigenvalue weighted by Crippen LogP contribution is -2.34. The molecule has 0 aliphatic heterocycles. The number of hydrogen-bond acceptors (Lipinski definition) is 8. The monoisotopic (exact) mass is 550 g/mol. The van der Waals surface area contributed by atoms with E-state index < -0.39 is 6.04 Å². The van der Waals surface area contributed by atoms with Crippen molar-refractivity contribution >= 4 is 45.3 Å². The van der Waals surface area contributed by atoms with Gasteiger partial charge in [0.1, 0.15) is 17.7 Å². The predicted octanol–water partition coefficient (Wildman–Crippen LogP) is 3.59. The third-order valence-electron chi connectivity index (χ3n) is 5.18. The van der Waals surface area contributed by atoms with Crippen molar-refractivity contribution < 1.29 is 4.79 Å². The Morgan fingerprint density at radius 3 is 2.67 bits per heavy atom. The molecule has 0 unspecified atom stereocenters. The summed E-state index contributed by atoms with van der Waals surface area (Å²) in [7, 11) is 0. The molecule has 0 aliphatic carbocycles. The Morgan fingerprint density at radius 2 is 1.97 bits per heavy atom. The molecular weight excluding hydrogens is 531 g/mol. The maximum atomic E-state index is 13.7. The Bertz CT molecular complexity index is 1390. The minimum atomic E-state index is -0.433. The highest BCUT2D eigenvalue weighted by Crippen LogP contribution is 2.24. The first kappa shape index (κ1) is 22.5. The second-order valence-electron chi connectivity index (χ2n) is 7.39. The van der Waals surface area contributed by atoms with Crippen LogP contribution in [0.25, 0.3) is 11.0 Å². The molecule has 10 heteroatoms. The minimum absolute atomic E-state index is 0.209. The van der Waals surface area contributed by atoms with E-state index in [-0.39, 0.29) is 12.5 Å². The number of fused-ring (bicyclic) bond motifs is 1. The van der Waals surface area contributed by atoms with Crippen molar-refractivity contribution in [2.24, 2.45) is 0 Å². The van der Waals surface area contributed by atoms with Crippen molar-refractivity contribution in [3.8, 4) is 6.07 Å². The van der Waals surface area contributed by atoms with Crippen LogP contribution in [-0.2, 0) is 6.54 Å². The normalized spacial score (nSPS) is 11.7. The number of rotatable bonds is 5. The number of amides is 1. The Balaban J connectivity index is 1.74. The van der Waals surface area contributed by atoms with Crippen LogP contribution in [0.3, 0.4) is 0 Å². The smallest absolute Gasteiger partial charge is 0.256 e. The van der Waals surface area contributed by atoms with Crippen LogP contribution in [0.1, 0.15) is 46.1 Å². The van der Waals surface area contributed by atoms with Gasteiger partial charge in [0.25, 0.3) is 5.91 Å². The third kappa shape index (κ3) is 4.73. The molecule has 4 rings (SSSR count). The van der Waals surface area contributed by atoms with E-state index in [0.717, 1.165) is 8.96 Å². The first-order valence-electron chi connectivity index (χ1n) is 10.0. The van der Waals surface area contributed by atoms with E-state index in [0.29, 0.717) is 39.8 Å². The number of halogens is 1. The van der Waals surface area contributed by atoms with Crippen LogP contribution in [-0.4, -0.2) is 35.7 Å². The van der Waals surface area contributed by atoms with Crippen LogP contribution in [0.4, 0.5) is 5.82 Å². The van der Waals surface area contributed by atoms with Crippen molar-refractivity contribution in [3.05, 3.63) is 80.8 Å². The molecule has 0 fully saturated rings. The fourth-order valence-electron chi connectivity index (χ4n) is 3.38. The van der Waals surface area contributed by atoms with Gasteiger partial charge in [-0.15, -0.1) is 0 Å². The van der Waals surface area contributed by atoms with Crippen LogP contribution in [0, 0.1) is 21.8 Å². The van der Waals surface area contributed by atoms with E-state index in [2.05, 4.69) is 53.6 Å². The number of aromatic nitrogens is 5. The van der Waals surface area contributed by atoms with Crippen LogP contribution in [0.2, 0.25) is 0 Å². The summed E-state index contributed by atoms with van der Waals surface area (Å²) in [6.07, 6.45) is 4.77. The third-order valence-corrected chi connectivity index (χ3v) is 6.04. The summed E-state index contributed by atoms with van der Waals surface area (Å²) in [5.74, 6) is 0.655. The summed E-state index contributed by atoms with van der Waals surface area (Å²) in [6, 6.07) is 10.5. The summed E-state index contributed by atoms with van der Waals surface area (Å²) in [6.45, 7) is 3.84. The van der Waals surface area contributed by atoms with Crippen LogP contribution < -0.4 is 5.73 Å². The van der Waals surface area contributed by atoms with Gasteiger partial charge in [0.15, 0.2) is 5.65 Å². The van der Waals surface area contributed by atoms with E-state index in [4.69, 9.17) is 5.73 Å². The number of nitriles is 1. The number of pyridine rings is 3. The molecule has 0 bridgehead atoms. The van der Waals surface area contributed by atoms with E-state index in [1.54, 1.807) is 48.5 Å². The van der Waals surface area contributed by atoms with E-state index in [9.17, 15) is 10.1 Å².